The fourth-order valence-electron chi connectivity index (χ4n) is 7.09. The van der Waals surface area contributed by atoms with Crippen LogP contribution in [-0.2, 0) is 40.6 Å². The molecule has 0 radical (unpaired) electrons. The van der Waals surface area contributed by atoms with Gasteiger partial charge in [-0.3, -0.25) is 9.59 Å². The third kappa shape index (κ3) is 8.78. The zero-order chi connectivity index (χ0) is 35.4. The second-order valence-corrected chi connectivity index (χ2v) is 14.9. The van der Waals surface area contributed by atoms with E-state index in [1.807, 2.05) is 95.3 Å². The van der Waals surface area contributed by atoms with E-state index < -0.39 is 22.8 Å². The highest BCUT2D eigenvalue weighted by Crippen LogP contribution is 2.52. The van der Waals surface area contributed by atoms with Crippen LogP contribution in [0.1, 0.15) is 90.5 Å². The predicted octanol–water partition coefficient (Wildman–Crippen LogP) is 8.44. The molecule has 0 N–H and O–H groups in total. The molecule has 262 valence electrons. The minimum absolute atomic E-state index is 0.0578. The number of halogens is 1. The van der Waals surface area contributed by atoms with Crippen LogP contribution in [0.25, 0.3) is 0 Å². The Labute approximate surface area is 290 Å². The molecule has 1 saturated heterocycles. The monoisotopic (exact) mass is 671 g/mol. The van der Waals surface area contributed by atoms with Crippen molar-refractivity contribution in [3.63, 3.8) is 0 Å². The third-order valence-corrected chi connectivity index (χ3v) is 8.96. The minimum Gasteiger partial charge on any atom is -0.460 e. The molecule has 7 nitrogen and oxygen atoms in total. The molecule has 2 heterocycles. The number of nitrogens with zero attached hydrogens (tertiary/aromatic N) is 1. The third-order valence-electron chi connectivity index (χ3n) is 8.96. The summed E-state index contributed by atoms with van der Waals surface area (Å²) in [6.07, 6.45) is 2.71. The highest BCUT2D eigenvalue weighted by Gasteiger charge is 2.55. The molecule has 1 fully saturated rings. The van der Waals surface area contributed by atoms with E-state index in [-0.39, 0.29) is 48.9 Å². The van der Waals surface area contributed by atoms with Gasteiger partial charge in [-0.1, -0.05) is 86.6 Å². The summed E-state index contributed by atoms with van der Waals surface area (Å²) in [5, 5.41) is 0. The maximum atomic E-state index is 14.7. The first-order chi connectivity index (χ1) is 23.2. The molecule has 3 aromatic carbocycles. The van der Waals surface area contributed by atoms with Crippen LogP contribution < -0.4 is 0 Å². The van der Waals surface area contributed by atoms with Crippen molar-refractivity contribution >= 4 is 11.9 Å². The van der Waals surface area contributed by atoms with Gasteiger partial charge in [-0.05, 0) is 81.9 Å². The van der Waals surface area contributed by atoms with Crippen LogP contribution in [0.15, 0.2) is 96.7 Å². The van der Waals surface area contributed by atoms with Crippen LogP contribution in [0.3, 0.4) is 0 Å². The van der Waals surface area contributed by atoms with Gasteiger partial charge in [0, 0.05) is 18.7 Å². The number of rotatable bonds is 11. The van der Waals surface area contributed by atoms with Crippen molar-refractivity contribution in [2.45, 2.75) is 109 Å². The van der Waals surface area contributed by atoms with Gasteiger partial charge >= 0.3 is 11.9 Å². The number of benzene rings is 3. The summed E-state index contributed by atoms with van der Waals surface area (Å²) in [5.74, 6) is -1.88. The summed E-state index contributed by atoms with van der Waals surface area (Å²) < 4.78 is 38.7. The molecule has 3 aromatic rings. The van der Waals surface area contributed by atoms with E-state index in [1.165, 1.54) is 12.1 Å². The number of esters is 2. The van der Waals surface area contributed by atoms with E-state index >= 15 is 0 Å². The maximum Gasteiger partial charge on any atom is 0.323 e. The van der Waals surface area contributed by atoms with Crippen molar-refractivity contribution in [3.05, 3.63) is 119 Å². The molecule has 0 aromatic heterocycles. The van der Waals surface area contributed by atoms with Gasteiger partial charge in [0.15, 0.2) is 5.79 Å². The fourth-order valence-corrected chi connectivity index (χ4v) is 7.09. The summed E-state index contributed by atoms with van der Waals surface area (Å²) in [5.41, 5.74) is 1.67. The van der Waals surface area contributed by atoms with Crippen molar-refractivity contribution in [2.24, 2.45) is 5.92 Å². The van der Waals surface area contributed by atoms with Crippen molar-refractivity contribution in [1.29, 1.82) is 0 Å². The lowest BCUT2D eigenvalue weighted by molar-refractivity contribution is -0.301. The molecule has 4 atom stereocenters. The van der Waals surface area contributed by atoms with Crippen molar-refractivity contribution in [1.82, 2.24) is 4.90 Å². The largest absolute Gasteiger partial charge is 0.460 e. The molecule has 0 saturated carbocycles. The average Bonchev–Trinajstić information content (AvgIpc) is 3.39. The van der Waals surface area contributed by atoms with E-state index in [0.29, 0.717) is 19.4 Å². The van der Waals surface area contributed by atoms with Crippen molar-refractivity contribution in [2.75, 3.05) is 6.54 Å². The van der Waals surface area contributed by atoms with Crippen LogP contribution in [0.2, 0.25) is 0 Å². The van der Waals surface area contributed by atoms with Crippen LogP contribution in [0.4, 0.5) is 4.39 Å². The lowest BCUT2D eigenvalue weighted by Crippen LogP contribution is -2.47. The number of hydrogen-bond acceptors (Lipinski definition) is 7. The Morgan fingerprint density at radius 1 is 0.918 bits per heavy atom. The van der Waals surface area contributed by atoms with Gasteiger partial charge in [0.1, 0.15) is 23.4 Å². The van der Waals surface area contributed by atoms with Crippen LogP contribution >= 0.6 is 0 Å². The van der Waals surface area contributed by atoms with Crippen LogP contribution in [0, 0.1) is 11.7 Å². The zero-order valence-corrected chi connectivity index (χ0v) is 29.8. The van der Waals surface area contributed by atoms with Gasteiger partial charge in [0.05, 0.1) is 24.7 Å². The van der Waals surface area contributed by atoms with Crippen molar-refractivity contribution < 1.29 is 32.9 Å². The highest BCUT2D eigenvalue weighted by molar-refractivity contribution is 5.88. The predicted molar refractivity (Wildman–Crippen MR) is 187 cm³/mol. The fraction of sp³-hybridized carbons (Fsp3) is 0.463. The molecule has 5 rings (SSSR count). The Bertz CT molecular complexity index is 1600. The standard InChI is InChI=1S/C41H50FNO6/c1-28(2)35-26-41(31-16-12-9-13-17-31,38(45)46-27-29-14-10-8-11-15-29)37(30-18-20-32(42)21-19-30)43(35)23-22-33-24-34(48-40(6,7)47-33)25-36(44)49-39(3,4)5/h8-21,26,28,33-34,37H,22-25,27H2,1-7H3. The topological polar surface area (TPSA) is 74.3 Å². The number of ether oxygens (including phenoxy) is 4. The van der Waals surface area contributed by atoms with Gasteiger partial charge in [-0.25, -0.2) is 4.39 Å². The Morgan fingerprint density at radius 2 is 1.53 bits per heavy atom. The minimum atomic E-state index is -1.22. The van der Waals surface area contributed by atoms with E-state index in [4.69, 9.17) is 18.9 Å². The molecule has 0 bridgehead atoms. The zero-order valence-electron chi connectivity index (χ0n) is 29.8. The van der Waals surface area contributed by atoms with E-state index in [0.717, 1.165) is 22.4 Å². The molecule has 0 aliphatic carbocycles. The maximum absolute atomic E-state index is 14.7. The van der Waals surface area contributed by atoms with Crippen LogP contribution in [-0.4, -0.2) is 47.0 Å². The second-order valence-electron chi connectivity index (χ2n) is 14.9. The number of carbonyl (C=O) groups excluding carboxylic acids is 2. The normalized spacial score (nSPS) is 23.7. The Hall–Kier alpha value is -4.01. The first-order valence-corrected chi connectivity index (χ1v) is 17.3. The summed E-state index contributed by atoms with van der Waals surface area (Å²) >= 11 is 0. The Morgan fingerprint density at radius 3 is 2.14 bits per heavy atom. The van der Waals surface area contributed by atoms with Crippen molar-refractivity contribution in [3.8, 4) is 0 Å². The molecule has 0 spiro atoms. The Balaban J connectivity index is 1.50. The van der Waals surface area contributed by atoms with Crippen LogP contribution in [0.5, 0.6) is 0 Å². The summed E-state index contributed by atoms with van der Waals surface area (Å²) in [6.45, 7) is 14.2. The number of carbonyl (C=O) groups is 2. The van der Waals surface area contributed by atoms with Gasteiger partial charge in [-0.15, -0.1) is 0 Å². The lowest BCUT2D eigenvalue weighted by Gasteiger charge is -2.43. The number of hydrogen-bond donors (Lipinski definition) is 0. The summed E-state index contributed by atoms with van der Waals surface area (Å²) in [4.78, 5) is 29.7. The molecular formula is C41H50FNO6. The molecule has 2 aliphatic heterocycles. The summed E-state index contributed by atoms with van der Waals surface area (Å²) in [6, 6.07) is 25.2. The highest BCUT2D eigenvalue weighted by atomic mass is 19.1. The first-order valence-electron chi connectivity index (χ1n) is 17.3. The van der Waals surface area contributed by atoms with E-state index in [9.17, 15) is 14.0 Å². The first kappa shape index (κ1) is 36.3. The number of allylic oxidation sites excluding steroid dienone is 1. The van der Waals surface area contributed by atoms with Gasteiger partial charge in [0.25, 0.3) is 0 Å². The van der Waals surface area contributed by atoms with Gasteiger partial charge in [-0.2, -0.15) is 0 Å². The Kier molecular flexibility index (Phi) is 11.0. The molecule has 4 unspecified atom stereocenters. The quantitative estimate of drug-likeness (QED) is 0.190. The smallest absolute Gasteiger partial charge is 0.323 e. The van der Waals surface area contributed by atoms with Gasteiger partial charge in [0.2, 0.25) is 0 Å². The average molecular weight is 672 g/mol. The molecule has 0 amide bonds. The van der Waals surface area contributed by atoms with Gasteiger partial charge < -0.3 is 23.8 Å². The second kappa shape index (κ2) is 14.9. The molecule has 8 heteroatoms. The molecular weight excluding hydrogens is 621 g/mol. The van der Waals surface area contributed by atoms with E-state index in [1.54, 1.807) is 12.1 Å². The summed E-state index contributed by atoms with van der Waals surface area (Å²) in [7, 11) is 0. The molecule has 49 heavy (non-hydrogen) atoms. The van der Waals surface area contributed by atoms with E-state index in [2.05, 4.69) is 24.8 Å². The lowest BCUT2D eigenvalue weighted by atomic mass is 9.72. The SMILES string of the molecule is CC(C)C1=CC(C(=O)OCc2ccccc2)(c2ccccc2)C(c2ccc(F)cc2)N1CCC1CC(CC(=O)OC(C)(C)C)OC(C)(C)O1. The molecule has 2 aliphatic rings.